The fourth-order valence-corrected chi connectivity index (χ4v) is 5.44. The van der Waals surface area contributed by atoms with Crippen molar-refractivity contribution in [2.45, 2.75) is 38.6 Å². The summed E-state index contributed by atoms with van der Waals surface area (Å²) in [6.07, 6.45) is -0.385. The van der Waals surface area contributed by atoms with Gasteiger partial charge in [-0.25, -0.2) is 4.98 Å². The van der Waals surface area contributed by atoms with Crippen LogP contribution in [0.5, 0.6) is 0 Å². The van der Waals surface area contributed by atoms with Gasteiger partial charge in [-0.3, -0.25) is 9.59 Å². The summed E-state index contributed by atoms with van der Waals surface area (Å²) in [5, 5.41) is 20.4. The average Bonchev–Trinajstić information content (AvgIpc) is 3.41. The Morgan fingerprint density at radius 1 is 0.929 bits per heavy atom. The summed E-state index contributed by atoms with van der Waals surface area (Å²) < 4.78 is 0. The van der Waals surface area contributed by atoms with Crippen molar-refractivity contribution in [1.29, 1.82) is 0 Å². The minimum absolute atomic E-state index is 0.194. The van der Waals surface area contributed by atoms with Crippen LogP contribution in [0.15, 0.2) is 84.2 Å². The fraction of sp³-hybridized carbons (Fsp3) is 0.303. The van der Waals surface area contributed by atoms with Gasteiger partial charge in [-0.1, -0.05) is 48.5 Å². The number of aromatic nitrogens is 1. The predicted molar refractivity (Wildman–Crippen MR) is 169 cm³/mol. The van der Waals surface area contributed by atoms with Gasteiger partial charge >= 0.3 is 0 Å². The quantitative estimate of drug-likeness (QED) is 0.217. The molecule has 2 atom stereocenters. The standard InChI is InChI=1S/C33H39N5O3S/c1-23-22-42-31(35-23)21-38(4)33(41)27-14-9-13-26(18-27)32(40)36-29(17-24-10-6-5-7-11-24)30(39)20-34-19-25-12-8-15-28(16-25)37(2)3/h5-16,18,22,29-30,34,39H,17,19-21H2,1-4H3,(H,36,40)/t29-,30+/m0/s1. The second-order valence-electron chi connectivity index (χ2n) is 10.7. The highest BCUT2D eigenvalue weighted by Crippen LogP contribution is 2.16. The maximum atomic E-state index is 13.4. The topological polar surface area (TPSA) is 97.8 Å². The van der Waals surface area contributed by atoms with Crippen molar-refractivity contribution in [2.75, 3.05) is 32.6 Å². The van der Waals surface area contributed by atoms with Gasteiger partial charge in [-0.2, -0.15) is 0 Å². The zero-order chi connectivity index (χ0) is 30.1. The van der Waals surface area contributed by atoms with Gasteiger partial charge in [0.05, 0.1) is 18.7 Å². The fourth-order valence-electron chi connectivity index (χ4n) is 4.62. The number of hydrogen-bond acceptors (Lipinski definition) is 7. The largest absolute Gasteiger partial charge is 0.390 e. The molecule has 220 valence electrons. The molecule has 0 aliphatic rings. The molecule has 42 heavy (non-hydrogen) atoms. The third-order valence-electron chi connectivity index (χ3n) is 6.95. The smallest absolute Gasteiger partial charge is 0.253 e. The minimum atomic E-state index is -0.844. The Labute approximate surface area is 252 Å². The summed E-state index contributed by atoms with van der Waals surface area (Å²) in [5.41, 5.74) is 4.92. The highest BCUT2D eigenvalue weighted by atomic mass is 32.1. The van der Waals surface area contributed by atoms with Crippen molar-refractivity contribution in [3.63, 3.8) is 0 Å². The Morgan fingerprint density at radius 2 is 1.64 bits per heavy atom. The highest BCUT2D eigenvalue weighted by Gasteiger charge is 2.23. The number of aryl methyl sites for hydroxylation is 1. The summed E-state index contributed by atoms with van der Waals surface area (Å²) in [4.78, 5) is 34.6. The molecule has 4 aromatic rings. The van der Waals surface area contributed by atoms with E-state index in [4.69, 9.17) is 0 Å². The molecular weight excluding hydrogens is 546 g/mol. The number of nitrogens with one attached hydrogen (secondary N) is 2. The van der Waals surface area contributed by atoms with Gasteiger partial charge in [0.1, 0.15) is 5.01 Å². The normalized spacial score (nSPS) is 12.4. The first-order chi connectivity index (χ1) is 20.2. The molecule has 0 fully saturated rings. The Balaban J connectivity index is 1.42. The molecule has 3 N–H and O–H groups in total. The van der Waals surface area contributed by atoms with Crippen LogP contribution in [0.4, 0.5) is 5.69 Å². The maximum Gasteiger partial charge on any atom is 0.253 e. The first kappa shape index (κ1) is 30.9. The number of thiazole rings is 1. The lowest BCUT2D eigenvalue weighted by atomic mass is 10.00. The first-order valence-corrected chi connectivity index (χ1v) is 14.8. The molecule has 0 saturated carbocycles. The summed E-state index contributed by atoms with van der Waals surface area (Å²) in [6, 6.07) is 24.1. The van der Waals surface area contributed by atoms with Gasteiger partial charge < -0.3 is 25.5 Å². The monoisotopic (exact) mass is 585 g/mol. The summed E-state index contributed by atoms with van der Waals surface area (Å²) in [7, 11) is 5.72. The molecule has 0 radical (unpaired) electrons. The summed E-state index contributed by atoms with van der Waals surface area (Å²) >= 11 is 1.51. The highest BCUT2D eigenvalue weighted by molar-refractivity contribution is 7.09. The lowest BCUT2D eigenvalue weighted by Gasteiger charge is -2.25. The second-order valence-corrected chi connectivity index (χ2v) is 11.6. The zero-order valence-corrected chi connectivity index (χ0v) is 25.4. The molecule has 1 heterocycles. The molecule has 4 rings (SSSR count). The van der Waals surface area contributed by atoms with Crippen molar-refractivity contribution in [2.24, 2.45) is 0 Å². The van der Waals surface area contributed by atoms with Gasteiger partial charge in [0.2, 0.25) is 0 Å². The van der Waals surface area contributed by atoms with Crippen LogP contribution in [0.25, 0.3) is 0 Å². The number of amides is 2. The van der Waals surface area contributed by atoms with E-state index >= 15 is 0 Å². The van der Waals surface area contributed by atoms with E-state index in [1.807, 2.05) is 79.8 Å². The molecule has 0 spiro atoms. The number of carbonyl (C=O) groups is 2. The van der Waals surface area contributed by atoms with E-state index in [1.165, 1.54) is 11.3 Å². The van der Waals surface area contributed by atoms with Crippen molar-refractivity contribution in [3.8, 4) is 0 Å². The van der Waals surface area contributed by atoms with E-state index in [9.17, 15) is 14.7 Å². The second kappa shape index (κ2) is 14.7. The Morgan fingerprint density at radius 3 is 2.36 bits per heavy atom. The molecule has 0 aliphatic carbocycles. The van der Waals surface area contributed by atoms with E-state index in [2.05, 4.69) is 21.7 Å². The number of anilines is 1. The molecule has 8 nitrogen and oxygen atoms in total. The van der Waals surface area contributed by atoms with E-state index in [0.717, 1.165) is 27.5 Å². The third kappa shape index (κ3) is 8.72. The number of carbonyl (C=O) groups excluding carboxylic acids is 2. The number of rotatable bonds is 13. The van der Waals surface area contributed by atoms with Crippen LogP contribution in [-0.4, -0.2) is 66.6 Å². The average molecular weight is 586 g/mol. The number of aliphatic hydroxyl groups is 1. The van der Waals surface area contributed by atoms with Crippen molar-refractivity contribution < 1.29 is 14.7 Å². The summed E-state index contributed by atoms with van der Waals surface area (Å²) in [6.45, 7) is 3.20. The molecule has 2 amide bonds. The molecule has 9 heteroatoms. The van der Waals surface area contributed by atoms with Crippen molar-refractivity contribution in [1.82, 2.24) is 20.5 Å². The lowest BCUT2D eigenvalue weighted by Crippen LogP contribution is -2.48. The third-order valence-corrected chi connectivity index (χ3v) is 7.90. The van der Waals surface area contributed by atoms with Gasteiger partial charge in [0.15, 0.2) is 0 Å². The number of aliphatic hydroxyl groups excluding tert-OH is 1. The van der Waals surface area contributed by atoms with Crippen molar-refractivity contribution >= 4 is 28.8 Å². The number of nitrogens with zero attached hydrogens (tertiary/aromatic N) is 3. The van der Waals surface area contributed by atoms with Crippen LogP contribution in [0.2, 0.25) is 0 Å². The number of hydrogen-bond donors (Lipinski definition) is 3. The van der Waals surface area contributed by atoms with Gasteiger partial charge in [-0.15, -0.1) is 11.3 Å². The Bertz CT molecular complexity index is 1470. The molecule has 0 aliphatic heterocycles. The van der Waals surface area contributed by atoms with E-state index in [1.54, 1.807) is 36.2 Å². The van der Waals surface area contributed by atoms with Gasteiger partial charge in [-0.05, 0) is 54.8 Å². The summed E-state index contributed by atoms with van der Waals surface area (Å²) in [5.74, 6) is -0.539. The van der Waals surface area contributed by atoms with E-state index in [0.29, 0.717) is 37.2 Å². The lowest BCUT2D eigenvalue weighted by molar-refractivity contribution is 0.0784. The van der Waals surface area contributed by atoms with Gasteiger partial charge in [0.25, 0.3) is 11.8 Å². The molecule has 1 aromatic heterocycles. The van der Waals surface area contributed by atoms with Gasteiger partial charge in [0, 0.05) is 62.1 Å². The van der Waals surface area contributed by atoms with Crippen LogP contribution in [0.3, 0.4) is 0 Å². The minimum Gasteiger partial charge on any atom is -0.390 e. The Kier molecular flexibility index (Phi) is 10.8. The van der Waals surface area contributed by atoms with Crippen LogP contribution in [-0.2, 0) is 19.5 Å². The first-order valence-electron chi connectivity index (χ1n) is 14.0. The molecule has 3 aromatic carbocycles. The number of benzene rings is 3. The molecular formula is C33H39N5O3S. The van der Waals surface area contributed by atoms with Crippen LogP contribution in [0, 0.1) is 6.92 Å². The molecule has 0 saturated heterocycles. The van der Waals surface area contributed by atoms with E-state index in [-0.39, 0.29) is 11.8 Å². The van der Waals surface area contributed by atoms with Crippen LogP contribution in [0.1, 0.15) is 42.5 Å². The van der Waals surface area contributed by atoms with Crippen molar-refractivity contribution in [3.05, 3.63) is 117 Å². The van der Waals surface area contributed by atoms with Crippen LogP contribution < -0.4 is 15.5 Å². The molecule has 0 bridgehead atoms. The Hall–Kier alpha value is -4.05. The SMILES string of the molecule is Cc1csc(CN(C)C(=O)c2cccc(C(=O)N[C@@H](Cc3ccccc3)[C@H](O)CNCc3cccc(N(C)C)c3)c2)n1. The van der Waals surface area contributed by atoms with Crippen LogP contribution >= 0.6 is 11.3 Å². The predicted octanol–water partition coefficient (Wildman–Crippen LogP) is 4.28. The molecule has 0 unspecified atom stereocenters. The zero-order valence-electron chi connectivity index (χ0n) is 24.6. The van der Waals surface area contributed by atoms with E-state index < -0.39 is 12.1 Å². The maximum absolute atomic E-state index is 13.4.